The zero-order valence-corrected chi connectivity index (χ0v) is 17.1. The Hall–Kier alpha value is -1.82. The van der Waals surface area contributed by atoms with E-state index in [4.69, 9.17) is 5.10 Å². The fraction of sp³-hybridized carbons (Fsp3) is 0.684. The summed E-state index contributed by atoms with van der Waals surface area (Å²) >= 11 is 0. The van der Waals surface area contributed by atoms with Gasteiger partial charge in [-0.3, -0.25) is 4.68 Å². The topological polar surface area (TPSA) is 50.9 Å². The molecule has 2 aromatic heterocycles. The second-order valence-corrected chi connectivity index (χ2v) is 7.75. The molecule has 0 saturated carbocycles. The summed E-state index contributed by atoms with van der Waals surface area (Å²) in [6, 6.07) is 2.46. The van der Waals surface area contributed by atoms with E-state index in [-0.39, 0.29) is 0 Å². The van der Waals surface area contributed by atoms with Crippen molar-refractivity contribution >= 4 is 5.82 Å². The van der Waals surface area contributed by atoms with E-state index in [0.717, 1.165) is 31.0 Å². The Labute approximate surface area is 152 Å². The normalized spacial score (nSPS) is 12.8. The summed E-state index contributed by atoms with van der Waals surface area (Å²) in [5.74, 6) is 1.78. The Morgan fingerprint density at radius 2 is 1.72 bits per heavy atom. The van der Waals surface area contributed by atoms with Crippen molar-refractivity contribution in [2.75, 3.05) is 19.0 Å². The molecular weight excluding hydrogens is 312 g/mol. The van der Waals surface area contributed by atoms with Crippen molar-refractivity contribution in [1.82, 2.24) is 24.9 Å². The van der Waals surface area contributed by atoms with Gasteiger partial charge < -0.3 is 10.2 Å². The van der Waals surface area contributed by atoms with Crippen molar-refractivity contribution in [3.63, 3.8) is 0 Å². The molecule has 2 aromatic rings. The number of anilines is 1. The van der Waals surface area contributed by atoms with Crippen molar-refractivity contribution in [3.05, 3.63) is 28.7 Å². The minimum atomic E-state index is 0.334. The van der Waals surface area contributed by atoms with Crippen LogP contribution in [0.4, 0.5) is 5.82 Å². The van der Waals surface area contributed by atoms with Crippen molar-refractivity contribution in [2.24, 2.45) is 5.92 Å². The van der Waals surface area contributed by atoms with Crippen molar-refractivity contribution in [3.8, 4) is 0 Å². The van der Waals surface area contributed by atoms with E-state index in [1.807, 2.05) is 6.92 Å². The van der Waals surface area contributed by atoms with Crippen LogP contribution in [0.3, 0.4) is 0 Å². The molecule has 0 bridgehead atoms. The van der Waals surface area contributed by atoms with Crippen LogP contribution in [-0.4, -0.2) is 39.7 Å². The molecule has 2 heterocycles. The van der Waals surface area contributed by atoms with Gasteiger partial charge in [-0.1, -0.05) is 13.8 Å². The van der Waals surface area contributed by atoms with Crippen molar-refractivity contribution < 1.29 is 0 Å². The maximum absolute atomic E-state index is 4.77. The van der Waals surface area contributed by atoms with Gasteiger partial charge in [0, 0.05) is 44.5 Å². The van der Waals surface area contributed by atoms with Gasteiger partial charge in [0.15, 0.2) is 0 Å². The van der Waals surface area contributed by atoms with Gasteiger partial charge in [-0.2, -0.15) is 10.2 Å². The largest absolute Gasteiger partial charge is 0.363 e. The lowest BCUT2D eigenvalue weighted by Crippen LogP contribution is -2.31. The van der Waals surface area contributed by atoms with Crippen LogP contribution in [0.25, 0.3) is 0 Å². The van der Waals surface area contributed by atoms with Crippen LogP contribution in [0, 0.1) is 26.7 Å². The molecule has 140 valence electrons. The molecule has 25 heavy (non-hydrogen) atoms. The summed E-state index contributed by atoms with van der Waals surface area (Å²) in [7, 11) is 4.19. The van der Waals surface area contributed by atoms with Gasteiger partial charge in [0.05, 0.1) is 17.9 Å². The standard InChI is InChI=1S/C19H34N6/c1-13(2)11-25-19(23(7)8)18(17(6)22-25)10-20-15(4)12-24-16(5)9-14(3)21-24/h9,13,15,20H,10-12H2,1-8H3/t15-/m0/s1. The number of hydrogen-bond acceptors (Lipinski definition) is 4. The quantitative estimate of drug-likeness (QED) is 0.798. The lowest BCUT2D eigenvalue weighted by Gasteiger charge is -2.20. The van der Waals surface area contributed by atoms with Gasteiger partial charge in [-0.25, -0.2) is 4.68 Å². The smallest absolute Gasteiger partial charge is 0.131 e. The third-order valence-electron chi connectivity index (χ3n) is 4.36. The fourth-order valence-electron chi connectivity index (χ4n) is 3.25. The number of hydrogen-bond donors (Lipinski definition) is 1. The number of aryl methyl sites for hydroxylation is 3. The van der Waals surface area contributed by atoms with Crippen LogP contribution in [0.1, 0.15) is 43.4 Å². The number of aromatic nitrogens is 4. The molecule has 0 radical (unpaired) electrons. The second-order valence-electron chi connectivity index (χ2n) is 7.75. The zero-order chi connectivity index (χ0) is 18.7. The summed E-state index contributed by atoms with van der Waals surface area (Å²) in [6.07, 6.45) is 0. The molecular formula is C19H34N6. The van der Waals surface area contributed by atoms with E-state index in [1.54, 1.807) is 0 Å². The molecule has 0 spiro atoms. The van der Waals surface area contributed by atoms with Crippen LogP contribution in [0.2, 0.25) is 0 Å². The van der Waals surface area contributed by atoms with Crippen LogP contribution in [0.5, 0.6) is 0 Å². The monoisotopic (exact) mass is 346 g/mol. The first-order valence-corrected chi connectivity index (χ1v) is 9.17. The molecule has 6 nitrogen and oxygen atoms in total. The van der Waals surface area contributed by atoms with Gasteiger partial charge in [0.1, 0.15) is 5.82 Å². The molecule has 0 fully saturated rings. The molecule has 6 heteroatoms. The first kappa shape index (κ1) is 19.5. The summed E-state index contributed by atoms with van der Waals surface area (Å²) in [4.78, 5) is 2.17. The van der Waals surface area contributed by atoms with E-state index in [1.165, 1.54) is 17.1 Å². The molecule has 0 saturated heterocycles. The molecule has 1 N–H and O–H groups in total. The number of rotatable bonds is 8. The predicted octanol–water partition coefficient (Wildman–Crippen LogP) is 2.91. The van der Waals surface area contributed by atoms with Gasteiger partial charge in [-0.05, 0) is 39.7 Å². The summed E-state index contributed by atoms with van der Waals surface area (Å²) in [5, 5.41) is 13.0. The Kier molecular flexibility index (Phi) is 6.27. The lowest BCUT2D eigenvalue weighted by molar-refractivity contribution is 0.443. The highest BCUT2D eigenvalue weighted by molar-refractivity contribution is 5.49. The van der Waals surface area contributed by atoms with E-state index in [0.29, 0.717) is 12.0 Å². The van der Waals surface area contributed by atoms with Crippen LogP contribution < -0.4 is 10.2 Å². The van der Waals surface area contributed by atoms with Gasteiger partial charge in [0.2, 0.25) is 0 Å². The fourth-order valence-corrected chi connectivity index (χ4v) is 3.25. The minimum Gasteiger partial charge on any atom is -0.363 e. The summed E-state index contributed by atoms with van der Waals surface area (Å²) in [5.41, 5.74) is 4.67. The zero-order valence-electron chi connectivity index (χ0n) is 17.1. The number of nitrogens with zero attached hydrogens (tertiary/aromatic N) is 5. The molecule has 2 rings (SSSR count). The highest BCUT2D eigenvalue weighted by Gasteiger charge is 2.18. The third kappa shape index (κ3) is 4.84. The van der Waals surface area contributed by atoms with Gasteiger partial charge in [-0.15, -0.1) is 0 Å². The van der Waals surface area contributed by atoms with Crippen molar-refractivity contribution in [1.29, 1.82) is 0 Å². The third-order valence-corrected chi connectivity index (χ3v) is 4.36. The summed E-state index contributed by atoms with van der Waals surface area (Å²) < 4.78 is 4.22. The molecule has 0 aliphatic rings. The Morgan fingerprint density at radius 3 is 2.24 bits per heavy atom. The average molecular weight is 347 g/mol. The predicted molar refractivity (Wildman–Crippen MR) is 104 cm³/mol. The second kappa shape index (κ2) is 8.04. The molecule has 1 atom stereocenters. The van der Waals surface area contributed by atoms with Gasteiger partial charge >= 0.3 is 0 Å². The Morgan fingerprint density at radius 1 is 1.04 bits per heavy atom. The molecule has 0 aromatic carbocycles. The van der Waals surface area contributed by atoms with Crippen LogP contribution in [-0.2, 0) is 19.6 Å². The van der Waals surface area contributed by atoms with E-state index in [9.17, 15) is 0 Å². The Balaban J connectivity index is 2.09. The molecule has 0 aliphatic carbocycles. The highest BCUT2D eigenvalue weighted by atomic mass is 15.4. The highest BCUT2D eigenvalue weighted by Crippen LogP contribution is 2.23. The van der Waals surface area contributed by atoms with Gasteiger partial charge in [0.25, 0.3) is 0 Å². The average Bonchev–Trinajstić information content (AvgIpc) is 2.95. The van der Waals surface area contributed by atoms with E-state index < -0.39 is 0 Å². The molecule has 0 aliphatic heterocycles. The van der Waals surface area contributed by atoms with Crippen LogP contribution >= 0.6 is 0 Å². The van der Waals surface area contributed by atoms with E-state index >= 15 is 0 Å². The van der Waals surface area contributed by atoms with Crippen LogP contribution in [0.15, 0.2) is 6.07 Å². The first-order valence-electron chi connectivity index (χ1n) is 9.17. The molecule has 0 unspecified atom stereocenters. The van der Waals surface area contributed by atoms with E-state index in [2.05, 4.69) is 79.5 Å². The SMILES string of the molecule is Cc1cc(C)n(C[C@H](C)NCc2c(C)nn(CC(C)C)c2N(C)C)n1. The summed E-state index contributed by atoms with van der Waals surface area (Å²) in [6.45, 7) is 15.5. The van der Waals surface area contributed by atoms with Crippen molar-refractivity contribution in [2.45, 2.75) is 67.2 Å². The maximum Gasteiger partial charge on any atom is 0.131 e. The first-order chi connectivity index (χ1) is 11.7. The Bertz CT molecular complexity index is 695. The number of nitrogens with one attached hydrogen (secondary N) is 1. The maximum atomic E-state index is 4.77. The lowest BCUT2D eigenvalue weighted by atomic mass is 10.2. The minimum absolute atomic E-state index is 0.334. The molecule has 0 amide bonds.